The van der Waals surface area contributed by atoms with Crippen LogP contribution in [0.2, 0.25) is 0 Å². The minimum atomic E-state index is -0.327. The molecular weight excluding hydrogens is 191 g/mol. The Bertz CT molecular complexity index is 282. The van der Waals surface area contributed by atoms with E-state index in [0.717, 1.165) is 5.56 Å². The first-order valence-corrected chi connectivity index (χ1v) is 4.15. The van der Waals surface area contributed by atoms with Gasteiger partial charge in [-0.15, -0.1) is 0 Å². The first kappa shape index (κ1) is 13.7. The van der Waals surface area contributed by atoms with E-state index in [0.29, 0.717) is 12.2 Å². The minimum absolute atomic E-state index is 0. The summed E-state index contributed by atoms with van der Waals surface area (Å²) >= 11 is 0. The van der Waals surface area contributed by atoms with E-state index in [4.69, 9.17) is 9.84 Å². The van der Waals surface area contributed by atoms with Gasteiger partial charge in [0.15, 0.2) is 0 Å². The summed E-state index contributed by atoms with van der Waals surface area (Å²) in [5, 5.41) is 8.75. The molecule has 0 aromatic heterocycles. The summed E-state index contributed by atoms with van der Waals surface area (Å²) < 4.78 is 4.80. The van der Waals surface area contributed by atoms with Gasteiger partial charge in [-0.3, -0.25) is 0 Å². The van der Waals surface area contributed by atoms with Gasteiger partial charge >= 0.3 is 35.5 Å². The summed E-state index contributed by atoms with van der Waals surface area (Å²) in [6.07, 6.45) is 0. The number of hydrogen-bond acceptors (Lipinski definition) is 3. The molecule has 1 rings (SSSR count). The molecular formula is C10H13NaO3. The van der Waals surface area contributed by atoms with E-state index < -0.39 is 0 Å². The molecule has 1 aromatic carbocycles. The monoisotopic (exact) mass is 204 g/mol. The Kier molecular flexibility index (Phi) is 6.83. The van der Waals surface area contributed by atoms with Gasteiger partial charge in [-0.05, 0) is 24.6 Å². The van der Waals surface area contributed by atoms with Crippen LogP contribution >= 0.6 is 0 Å². The van der Waals surface area contributed by atoms with Gasteiger partial charge in [-0.1, -0.05) is 12.1 Å². The van der Waals surface area contributed by atoms with Gasteiger partial charge in [0.1, 0.15) is 0 Å². The summed E-state index contributed by atoms with van der Waals surface area (Å²) in [5.74, 6) is -0.327. The fourth-order valence-corrected chi connectivity index (χ4v) is 0.961. The molecule has 1 N–H and O–H groups in total. The molecule has 0 saturated carbocycles. The van der Waals surface area contributed by atoms with Crippen LogP contribution in [-0.2, 0) is 11.3 Å². The van der Waals surface area contributed by atoms with Crippen molar-refractivity contribution in [1.29, 1.82) is 0 Å². The zero-order valence-corrected chi connectivity index (χ0v) is 7.49. The van der Waals surface area contributed by atoms with Crippen molar-refractivity contribution in [3.05, 3.63) is 35.4 Å². The molecule has 0 aliphatic carbocycles. The molecule has 0 bridgehead atoms. The van der Waals surface area contributed by atoms with Gasteiger partial charge in [0.25, 0.3) is 0 Å². The van der Waals surface area contributed by atoms with Gasteiger partial charge < -0.3 is 9.84 Å². The number of rotatable bonds is 3. The molecule has 1 aromatic rings. The summed E-state index contributed by atoms with van der Waals surface area (Å²) in [5.41, 5.74) is 1.30. The van der Waals surface area contributed by atoms with Crippen LogP contribution in [0.4, 0.5) is 0 Å². The third-order valence-electron chi connectivity index (χ3n) is 1.65. The van der Waals surface area contributed by atoms with Crippen LogP contribution < -0.4 is 0 Å². The zero-order valence-electron chi connectivity index (χ0n) is 7.49. The van der Waals surface area contributed by atoms with E-state index in [-0.39, 0.29) is 42.1 Å². The van der Waals surface area contributed by atoms with E-state index in [9.17, 15) is 4.79 Å². The number of hydrogen-bond donors (Lipinski definition) is 1. The van der Waals surface area contributed by atoms with Gasteiger partial charge in [0.05, 0.1) is 18.8 Å². The molecule has 0 saturated heterocycles. The van der Waals surface area contributed by atoms with Gasteiger partial charge in [0, 0.05) is 0 Å². The second kappa shape index (κ2) is 7.01. The van der Waals surface area contributed by atoms with Crippen LogP contribution in [0, 0.1) is 0 Å². The second-order valence-corrected chi connectivity index (χ2v) is 2.58. The van der Waals surface area contributed by atoms with E-state index in [1.807, 2.05) is 0 Å². The van der Waals surface area contributed by atoms with Gasteiger partial charge in [-0.2, -0.15) is 0 Å². The van der Waals surface area contributed by atoms with Crippen molar-refractivity contribution >= 4 is 35.5 Å². The molecule has 72 valence electrons. The molecule has 0 radical (unpaired) electrons. The number of ether oxygens (including phenoxy) is 1. The Labute approximate surface area is 105 Å². The first-order valence-electron chi connectivity index (χ1n) is 4.15. The zero-order chi connectivity index (χ0) is 9.68. The molecule has 14 heavy (non-hydrogen) atoms. The average molecular weight is 204 g/mol. The summed E-state index contributed by atoms with van der Waals surface area (Å²) in [7, 11) is 0. The fraction of sp³-hybridized carbons (Fsp3) is 0.300. The van der Waals surface area contributed by atoms with Crippen LogP contribution in [-0.4, -0.2) is 47.2 Å². The molecule has 0 spiro atoms. The Morgan fingerprint density at radius 1 is 1.36 bits per heavy atom. The van der Waals surface area contributed by atoms with Gasteiger partial charge in [-0.25, -0.2) is 4.79 Å². The molecule has 0 unspecified atom stereocenters. The number of carbonyl (C=O) groups excluding carboxylic acids is 1. The molecule has 0 aliphatic heterocycles. The molecule has 0 heterocycles. The Hall–Kier alpha value is -0.350. The van der Waals surface area contributed by atoms with Crippen molar-refractivity contribution in [2.24, 2.45) is 0 Å². The van der Waals surface area contributed by atoms with E-state index in [1.54, 1.807) is 31.2 Å². The topological polar surface area (TPSA) is 46.5 Å². The predicted octanol–water partition coefficient (Wildman–Crippen LogP) is 0.707. The van der Waals surface area contributed by atoms with Crippen LogP contribution in [0.3, 0.4) is 0 Å². The summed E-state index contributed by atoms with van der Waals surface area (Å²) in [6, 6.07) is 6.69. The van der Waals surface area contributed by atoms with E-state index >= 15 is 0 Å². The van der Waals surface area contributed by atoms with Crippen molar-refractivity contribution in [3.63, 3.8) is 0 Å². The Morgan fingerprint density at radius 3 is 2.36 bits per heavy atom. The van der Waals surface area contributed by atoms with Crippen LogP contribution in [0.15, 0.2) is 24.3 Å². The van der Waals surface area contributed by atoms with Gasteiger partial charge in [0.2, 0.25) is 0 Å². The summed E-state index contributed by atoms with van der Waals surface area (Å²) in [6.45, 7) is 2.13. The maximum absolute atomic E-state index is 11.2. The van der Waals surface area contributed by atoms with E-state index in [2.05, 4.69) is 0 Å². The molecule has 0 atom stereocenters. The molecule has 3 nitrogen and oxygen atoms in total. The second-order valence-electron chi connectivity index (χ2n) is 2.58. The number of esters is 1. The SMILES string of the molecule is CCOC(=O)c1ccc(CO)cc1.[NaH]. The van der Waals surface area contributed by atoms with Crippen molar-refractivity contribution in [2.45, 2.75) is 13.5 Å². The Balaban J connectivity index is 0.00000169. The van der Waals surface area contributed by atoms with Crippen molar-refractivity contribution in [1.82, 2.24) is 0 Å². The maximum atomic E-state index is 11.2. The predicted molar refractivity (Wildman–Crippen MR) is 55.5 cm³/mol. The molecule has 0 amide bonds. The Morgan fingerprint density at radius 2 is 1.93 bits per heavy atom. The summed E-state index contributed by atoms with van der Waals surface area (Å²) in [4.78, 5) is 11.2. The number of carbonyl (C=O) groups is 1. The van der Waals surface area contributed by atoms with Crippen molar-refractivity contribution in [2.75, 3.05) is 6.61 Å². The van der Waals surface area contributed by atoms with Crippen molar-refractivity contribution < 1.29 is 14.6 Å². The third kappa shape index (κ3) is 3.80. The molecule has 4 heteroatoms. The molecule has 0 fully saturated rings. The van der Waals surface area contributed by atoms with Crippen molar-refractivity contribution in [3.8, 4) is 0 Å². The number of aliphatic hydroxyl groups excluding tert-OH is 1. The van der Waals surface area contributed by atoms with E-state index in [1.165, 1.54) is 0 Å². The van der Waals surface area contributed by atoms with Crippen LogP contribution in [0.5, 0.6) is 0 Å². The number of aliphatic hydroxyl groups is 1. The number of benzene rings is 1. The normalized spacial score (nSPS) is 9.00. The average Bonchev–Trinajstić information content (AvgIpc) is 2.18. The molecule has 0 aliphatic rings. The van der Waals surface area contributed by atoms with Crippen LogP contribution in [0.25, 0.3) is 0 Å². The quantitative estimate of drug-likeness (QED) is 0.582. The fourth-order valence-electron chi connectivity index (χ4n) is 0.961. The first-order chi connectivity index (χ1) is 6.27. The third-order valence-corrected chi connectivity index (χ3v) is 1.65. The van der Waals surface area contributed by atoms with Crippen LogP contribution in [0.1, 0.15) is 22.8 Å². The standard InChI is InChI=1S/C10H12O3.Na.H/c1-2-13-10(12)9-5-3-8(7-11)4-6-9;;/h3-6,11H,2,7H2,1H3;;.